The average Bonchev–Trinajstić information content (AvgIpc) is 3.05. The highest BCUT2D eigenvalue weighted by atomic mass is 19.1. The summed E-state index contributed by atoms with van der Waals surface area (Å²) < 4.78 is 13.0. The van der Waals surface area contributed by atoms with Gasteiger partial charge in [-0.2, -0.15) is 0 Å². The summed E-state index contributed by atoms with van der Waals surface area (Å²) in [6, 6.07) is 5.03. The highest BCUT2D eigenvalue weighted by Gasteiger charge is 2.31. The Labute approximate surface area is 137 Å². The van der Waals surface area contributed by atoms with E-state index in [1.54, 1.807) is 4.90 Å². The molecule has 0 aromatic heterocycles. The Hall–Kier alpha value is -1.91. The molecule has 0 bridgehead atoms. The van der Waals surface area contributed by atoms with E-state index in [0.717, 1.165) is 25.7 Å². The third-order valence-electron chi connectivity index (χ3n) is 4.55. The second-order valence-corrected chi connectivity index (χ2v) is 6.59. The molecule has 1 aliphatic carbocycles. The van der Waals surface area contributed by atoms with Crippen molar-refractivity contribution in [3.63, 3.8) is 0 Å². The number of likely N-dealkylation sites (N-methyl/N-ethyl adjacent to an activating group) is 1. The van der Waals surface area contributed by atoms with Crippen LogP contribution in [0.2, 0.25) is 0 Å². The Morgan fingerprint density at radius 1 is 1.17 bits per heavy atom. The first-order chi connectivity index (χ1) is 10.9. The molecule has 1 N–H and O–H groups in total. The zero-order valence-electron chi connectivity index (χ0n) is 14.0. The fraction of sp³-hybridized carbons (Fsp3) is 0.556. The van der Waals surface area contributed by atoms with Crippen LogP contribution in [0, 0.1) is 11.7 Å². The molecule has 1 atom stereocenters. The molecule has 0 spiro atoms. The van der Waals surface area contributed by atoms with Gasteiger partial charge in [-0.05, 0) is 43.0 Å². The van der Waals surface area contributed by atoms with Crippen LogP contribution in [0.1, 0.15) is 49.9 Å². The Bertz CT molecular complexity index is 551. The van der Waals surface area contributed by atoms with Crippen molar-refractivity contribution in [3.8, 4) is 0 Å². The predicted octanol–water partition coefficient (Wildman–Crippen LogP) is 2.98. The predicted molar refractivity (Wildman–Crippen MR) is 87.5 cm³/mol. The van der Waals surface area contributed by atoms with Crippen LogP contribution in [0.4, 0.5) is 4.39 Å². The highest BCUT2D eigenvalue weighted by molar-refractivity contribution is 5.97. The molecule has 5 heteroatoms. The molecule has 2 rings (SSSR count). The van der Waals surface area contributed by atoms with Crippen LogP contribution >= 0.6 is 0 Å². The molecule has 126 valence electrons. The largest absolute Gasteiger partial charge is 0.341 e. The van der Waals surface area contributed by atoms with Crippen molar-refractivity contribution in [1.29, 1.82) is 0 Å². The first kappa shape index (κ1) is 17.4. The molecule has 1 aliphatic rings. The van der Waals surface area contributed by atoms with Crippen LogP contribution in [0.5, 0.6) is 0 Å². The van der Waals surface area contributed by atoms with Gasteiger partial charge in [0.15, 0.2) is 0 Å². The molecular formula is C18H25FN2O2. The molecule has 1 saturated carbocycles. The zero-order valence-corrected chi connectivity index (χ0v) is 14.0. The van der Waals surface area contributed by atoms with Gasteiger partial charge in [0.1, 0.15) is 11.9 Å². The molecular weight excluding hydrogens is 295 g/mol. The number of carbonyl (C=O) groups is 2. The summed E-state index contributed by atoms with van der Waals surface area (Å²) in [7, 11) is 1.82. The van der Waals surface area contributed by atoms with Crippen LogP contribution in [-0.4, -0.2) is 35.8 Å². The van der Waals surface area contributed by atoms with Crippen molar-refractivity contribution in [2.45, 2.75) is 51.6 Å². The number of rotatable bonds is 5. The molecule has 1 aromatic carbocycles. The summed E-state index contributed by atoms with van der Waals surface area (Å²) in [4.78, 5) is 26.8. The minimum atomic E-state index is -0.571. The number of amides is 2. The molecule has 0 radical (unpaired) electrons. The Morgan fingerprint density at radius 3 is 2.26 bits per heavy atom. The van der Waals surface area contributed by atoms with Crippen molar-refractivity contribution in [2.24, 2.45) is 5.92 Å². The summed E-state index contributed by atoms with van der Waals surface area (Å²) in [5, 5.41) is 2.80. The smallest absolute Gasteiger partial charge is 0.251 e. The Kier molecular flexibility index (Phi) is 5.74. The van der Waals surface area contributed by atoms with Gasteiger partial charge in [-0.25, -0.2) is 4.39 Å². The van der Waals surface area contributed by atoms with Gasteiger partial charge in [-0.1, -0.05) is 26.7 Å². The third kappa shape index (κ3) is 4.30. The molecule has 0 aliphatic heterocycles. The normalized spacial score (nSPS) is 16.4. The third-order valence-corrected chi connectivity index (χ3v) is 4.55. The number of halogens is 1. The number of hydrogen-bond acceptors (Lipinski definition) is 2. The van der Waals surface area contributed by atoms with Crippen LogP contribution in [-0.2, 0) is 4.79 Å². The molecule has 0 saturated heterocycles. The summed E-state index contributed by atoms with van der Waals surface area (Å²) in [5.41, 5.74) is 0.355. The molecule has 4 nitrogen and oxygen atoms in total. The van der Waals surface area contributed by atoms with Gasteiger partial charge in [-0.3, -0.25) is 9.59 Å². The monoisotopic (exact) mass is 320 g/mol. The molecule has 1 fully saturated rings. The summed E-state index contributed by atoms with van der Waals surface area (Å²) in [6.07, 6.45) is 4.35. The van der Waals surface area contributed by atoms with Crippen molar-refractivity contribution in [2.75, 3.05) is 7.05 Å². The van der Waals surface area contributed by atoms with Gasteiger partial charge in [0.05, 0.1) is 0 Å². The lowest BCUT2D eigenvalue weighted by atomic mass is 10.0. The topological polar surface area (TPSA) is 49.4 Å². The van der Waals surface area contributed by atoms with E-state index in [1.165, 1.54) is 24.3 Å². The number of nitrogens with one attached hydrogen (secondary N) is 1. The van der Waals surface area contributed by atoms with E-state index < -0.39 is 6.04 Å². The van der Waals surface area contributed by atoms with Gasteiger partial charge in [-0.15, -0.1) is 0 Å². The minimum Gasteiger partial charge on any atom is -0.341 e. The highest BCUT2D eigenvalue weighted by Crippen LogP contribution is 2.23. The number of carbonyl (C=O) groups excluding carboxylic acids is 2. The summed E-state index contributed by atoms with van der Waals surface area (Å²) in [6.45, 7) is 3.83. The number of benzene rings is 1. The quantitative estimate of drug-likeness (QED) is 0.907. The van der Waals surface area contributed by atoms with E-state index >= 15 is 0 Å². The lowest BCUT2D eigenvalue weighted by Crippen LogP contribution is -2.52. The van der Waals surface area contributed by atoms with E-state index in [-0.39, 0.29) is 29.6 Å². The molecule has 2 amide bonds. The van der Waals surface area contributed by atoms with E-state index in [1.807, 2.05) is 20.9 Å². The lowest BCUT2D eigenvalue weighted by Gasteiger charge is -2.31. The van der Waals surface area contributed by atoms with Crippen LogP contribution in [0.25, 0.3) is 0 Å². The standard InChI is InChI=1S/C18H25FN2O2/c1-12(2)16(18(23)21(3)15-6-4-5-7-15)20-17(22)13-8-10-14(19)11-9-13/h8-12,15-16H,4-7H2,1-3H3,(H,20,22)/t16-/m1/s1. The summed E-state index contributed by atoms with van der Waals surface area (Å²) in [5.74, 6) is -0.811. The van der Waals surface area contributed by atoms with Gasteiger partial charge < -0.3 is 10.2 Å². The van der Waals surface area contributed by atoms with Crippen molar-refractivity contribution in [3.05, 3.63) is 35.6 Å². The maximum atomic E-state index is 13.0. The fourth-order valence-corrected chi connectivity index (χ4v) is 3.03. The van der Waals surface area contributed by atoms with Gasteiger partial charge >= 0.3 is 0 Å². The second kappa shape index (κ2) is 7.57. The Morgan fingerprint density at radius 2 is 1.74 bits per heavy atom. The molecule has 1 aromatic rings. The van der Waals surface area contributed by atoms with Crippen molar-refractivity contribution >= 4 is 11.8 Å². The van der Waals surface area contributed by atoms with Crippen molar-refractivity contribution < 1.29 is 14.0 Å². The van der Waals surface area contributed by atoms with Gasteiger partial charge in [0.2, 0.25) is 5.91 Å². The fourth-order valence-electron chi connectivity index (χ4n) is 3.03. The van der Waals surface area contributed by atoms with E-state index in [4.69, 9.17) is 0 Å². The molecule has 0 unspecified atom stereocenters. The maximum absolute atomic E-state index is 13.0. The first-order valence-electron chi connectivity index (χ1n) is 8.23. The van der Waals surface area contributed by atoms with E-state index in [0.29, 0.717) is 5.56 Å². The molecule has 23 heavy (non-hydrogen) atoms. The SMILES string of the molecule is CC(C)[C@@H](NC(=O)c1ccc(F)cc1)C(=O)N(C)C1CCCC1. The van der Waals surface area contributed by atoms with E-state index in [9.17, 15) is 14.0 Å². The second-order valence-electron chi connectivity index (χ2n) is 6.59. The van der Waals surface area contributed by atoms with Crippen LogP contribution in [0.15, 0.2) is 24.3 Å². The minimum absolute atomic E-state index is 0.0178. The first-order valence-corrected chi connectivity index (χ1v) is 8.23. The Balaban J connectivity index is 2.06. The van der Waals surface area contributed by atoms with Crippen LogP contribution < -0.4 is 5.32 Å². The summed E-state index contributed by atoms with van der Waals surface area (Å²) >= 11 is 0. The zero-order chi connectivity index (χ0) is 17.0. The van der Waals surface area contributed by atoms with Crippen LogP contribution in [0.3, 0.4) is 0 Å². The maximum Gasteiger partial charge on any atom is 0.251 e. The van der Waals surface area contributed by atoms with Gasteiger partial charge in [0.25, 0.3) is 5.91 Å². The number of hydrogen-bond donors (Lipinski definition) is 1. The lowest BCUT2D eigenvalue weighted by molar-refractivity contribution is -0.135. The number of nitrogens with zero attached hydrogens (tertiary/aromatic N) is 1. The van der Waals surface area contributed by atoms with E-state index in [2.05, 4.69) is 5.32 Å². The average molecular weight is 320 g/mol. The van der Waals surface area contributed by atoms with Crippen molar-refractivity contribution in [1.82, 2.24) is 10.2 Å². The van der Waals surface area contributed by atoms with Gasteiger partial charge in [0, 0.05) is 18.7 Å². The molecule has 0 heterocycles.